The zero-order valence-electron chi connectivity index (χ0n) is 20.8. The highest BCUT2D eigenvalue weighted by Crippen LogP contribution is 2.49. The van der Waals surface area contributed by atoms with E-state index >= 15 is 0 Å². The molecule has 1 aromatic rings. The molecule has 0 fully saturated rings. The third-order valence-electron chi connectivity index (χ3n) is 7.15. The van der Waals surface area contributed by atoms with Crippen LogP contribution in [0, 0.1) is 23.2 Å². The summed E-state index contributed by atoms with van der Waals surface area (Å²) in [6.07, 6.45) is 9.98. The van der Waals surface area contributed by atoms with Crippen molar-refractivity contribution in [2.24, 2.45) is 23.2 Å². The molecule has 0 bridgehead atoms. The molecular formula is C27H46BrClO. The van der Waals surface area contributed by atoms with Gasteiger partial charge in [-0.25, -0.2) is 0 Å². The molecule has 1 nitrogen and oxygen atoms in total. The summed E-state index contributed by atoms with van der Waals surface area (Å²) in [5.74, 6) is 2.44. The van der Waals surface area contributed by atoms with Gasteiger partial charge >= 0.3 is 0 Å². The molecule has 0 heterocycles. The van der Waals surface area contributed by atoms with Crippen LogP contribution in [0.1, 0.15) is 106 Å². The predicted octanol–water partition coefficient (Wildman–Crippen LogP) is 10.1. The lowest BCUT2D eigenvalue weighted by atomic mass is 9.58. The molecule has 0 radical (unpaired) electrons. The smallest absolute Gasteiger partial charge is 0.138 e. The van der Waals surface area contributed by atoms with Crippen molar-refractivity contribution in [3.05, 3.63) is 27.2 Å². The fourth-order valence-electron chi connectivity index (χ4n) is 5.78. The zero-order chi connectivity index (χ0) is 22.9. The normalized spacial score (nSPS) is 13.5. The van der Waals surface area contributed by atoms with E-state index in [1.165, 1.54) is 38.5 Å². The number of halogens is 2. The van der Waals surface area contributed by atoms with Gasteiger partial charge in [0.1, 0.15) is 11.9 Å². The first-order valence-electron chi connectivity index (χ1n) is 12.3. The average molecular weight is 502 g/mol. The number of unbranched alkanes of at least 4 members (excludes halogenated alkanes) is 5. The number of hydrogen-bond acceptors (Lipinski definition) is 1. The van der Waals surface area contributed by atoms with E-state index in [0.717, 1.165) is 33.6 Å². The third kappa shape index (κ3) is 6.64. The average Bonchev–Trinajstić information content (AvgIpc) is 2.66. The quantitative estimate of drug-likeness (QED) is 0.230. The minimum absolute atomic E-state index is 0.103. The first-order chi connectivity index (χ1) is 14.1. The van der Waals surface area contributed by atoms with E-state index in [1.807, 2.05) is 6.07 Å². The van der Waals surface area contributed by atoms with Crippen LogP contribution in [0.5, 0.6) is 5.75 Å². The molecule has 0 aromatic heterocycles. The molecule has 0 saturated heterocycles. The van der Waals surface area contributed by atoms with Gasteiger partial charge in [0.2, 0.25) is 0 Å². The molecule has 1 atom stereocenters. The summed E-state index contributed by atoms with van der Waals surface area (Å²) in [5, 5.41) is 0.769. The Balaban J connectivity index is 3.23. The summed E-state index contributed by atoms with van der Waals surface area (Å²) < 4.78 is 7.93. The van der Waals surface area contributed by atoms with Gasteiger partial charge in [-0.1, -0.05) is 115 Å². The van der Waals surface area contributed by atoms with Crippen molar-refractivity contribution in [1.82, 2.24) is 0 Å². The van der Waals surface area contributed by atoms with Crippen LogP contribution >= 0.6 is 27.5 Å². The second-order valence-corrected chi connectivity index (χ2v) is 11.1. The Morgan fingerprint density at radius 1 is 0.867 bits per heavy atom. The molecule has 1 unspecified atom stereocenters. The first kappa shape index (κ1) is 27.8. The van der Waals surface area contributed by atoms with Crippen molar-refractivity contribution in [2.75, 3.05) is 0 Å². The highest BCUT2D eigenvalue weighted by atomic mass is 79.9. The van der Waals surface area contributed by atoms with E-state index in [2.05, 4.69) is 77.4 Å². The Hall–Kier alpha value is -0.210. The van der Waals surface area contributed by atoms with Crippen molar-refractivity contribution in [2.45, 2.75) is 113 Å². The van der Waals surface area contributed by atoms with E-state index < -0.39 is 0 Å². The van der Waals surface area contributed by atoms with Gasteiger partial charge in [0.25, 0.3) is 0 Å². The van der Waals surface area contributed by atoms with E-state index in [1.54, 1.807) is 0 Å². The number of benzene rings is 1. The molecule has 0 amide bonds. The van der Waals surface area contributed by atoms with Gasteiger partial charge in [0, 0.05) is 9.89 Å². The minimum atomic E-state index is 0.103. The topological polar surface area (TPSA) is 9.23 Å². The molecule has 1 aromatic carbocycles. The first-order valence-corrected chi connectivity index (χ1v) is 13.4. The minimum Gasteiger partial charge on any atom is -0.488 e. The molecule has 0 aliphatic rings. The second-order valence-electron chi connectivity index (χ2n) is 9.82. The number of hydrogen-bond donors (Lipinski definition) is 0. The lowest BCUT2D eigenvalue weighted by Gasteiger charge is -2.50. The highest BCUT2D eigenvalue weighted by Gasteiger charge is 2.48. The monoisotopic (exact) mass is 500 g/mol. The summed E-state index contributed by atoms with van der Waals surface area (Å²) in [4.78, 5) is 0. The molecule has 1 rings (SSSR count). The van der Waals surface area contributed by atoms with Gasteiger partial charge in [-0.3, -0.25) is 0 Å². The Morgan fingerprint density at radius 3 is 1.90 bits per heavy atom. The maximum Gasteiger partial charge on any atom is 0.138 e. The Kier molecular flexibility index (Phi) is 12.4. The number of ether oxygens (including phenoxy) is 1. The summed E-state index contributed by atoms with van der Waals surface area (Å²) in [6.45, 7) is 18.7. The maximum absolute atomic E-state index is 6.87. The van der Waals surface area contributed by atoms with Crippen LogP contribution in [-0.2, 0) is 6.42 Å². The standard InChI is InChI=1S/C27H46BrClO/c1-9-11-12-13-14-15-16-25(27(19(3)4,20(5)6)21(7)8)30-24-18-17-23(28)22(10-2)26(24)29/h17-21,25H,9-16H2,1-8H3. The van der Waals surface area contributed by atoms with Crippen LogP contribution in [0.15, 0.2) is 16.6 Å². The fraction of sp³-hybridized carbons (Fsp3) is 0.778. The third-order valence-corrected chi connectivity index (χ3v) is 8.31. The Bertz CT molecular complexity index is 602. The fourth-order valence-corrected chi connectivity index (χ4v) is 6.85. The van der Waals surface area contributed by atoms with Crippen LogP contribution in [0.3, 0.4) is 0 Å². The van der Waals surface area contributed by atoms with Gasteiger partial charge in [-0.15, -0.1) is 0 Å². The van der Waals surface area contributed by atoms with Crippen molar-refractivity contribution < 1.29 is 4.74 Å². The van der Waals surface area contributed by atoms with Crippen LogP contribution in [-0.4, -0.2) is 6.10 Å². The van der Waals surface area contributed by atoms with E-state index in [4.69, 9.17) is 16.3 Å². The molecule has 0 aliphatic heterocycles. The number of rotatable bonds is 14. The predicted molar refractivity (Wildman–Crippen MR) is 138 cm³/mol. The molecule has 174 valence electrons. The van der Waals surface area contributed by atoms with Crippen molar-refractivity contribution in [3.63, 3.8) is 0 Å². The summed E-state index contributed by atoms with van der Waals surface area (Å²) in [6, 6.07) is 4.13. The second kappa shape index (κ2) is 13.4. The summed E-state index contributed by atoms with van der Waals surface area (Å²) in [7, 11) is 0. The lowest BCUT2D eigenvalue weighted by molar-refractivity contribution is -0.0713. The maximum atomic E-state index is 6.87. The van der Waals surface area contributed by atoms with Crippen LogP contribution < -0.4 is 4.74 Å². The van der Waals surface area contributed by atoms with Gasteiger partial charge < -0.3 is 4.74 Å². The Labute approximate surface area is 200 Å². The van der Waals surface area contributed by atoms with Gasteiger partial charge in [-0.05, 0) is 54.7 Å². The van der Waals surface area contributed by atoms with Crippen LogP contribution in [0.2, 0.25) is 5.02 Å². The van der Waals surface area contributed by atoms with Gasteiger partial charge in [-0.2, -0.15) is 0 Å². The van der Waals surface area contributed by atoms with E-state index in [-0.39, 0.29) is 11.5 Å². The van der Waals surface area contributed by atoms with Crippen molar-refractivity contribution in [1.29, 1.82) is 0 Å². The van der Waals surface area contributed by atoms with Gasteiger partial charge in [0.05, 0.1) is 5.02 Å². The molecule has 0 aliphatic carbocycles. The van der Waals surface area contributed by atoms with Crippen LogP contribution in [0.25, 0.3) is 0 Å². The van der Waals surface area contributed by atoms with E-state index in [0.29, 0.717) is 17.8 Å². The SMILES string of the molecule is CCCCCCCCC(Oc1ccc(Br)c(CC)c1Cl)C(C(C)C)(C(C)C)C(C)C. The molecule has 0 saturated carbocycles. The highest BCUT2D eigenvalue weighted by molar-refractivity contribution is 9.10. The van der Waals surface area contributed by atoms with Crippen LogP contribution in [0.4, 0.5) is 0 Å². The molecule has 3 heteroatoms. The van der Waals surface area contributed by atoms with E-state index in [9.17, 15) is 0 Å². The Morgan fingerprint density at radius 2 is 1.40 bits per heavy atom. The summed E-state index contributed by atoms with van der Waals surface area (Å²) in [5.41, 5.74) is 1.24. The molecular weight excluding hydrogens is 456 g/mol. The van der Waals surface area contributed by atoms with Crippen molar-refractivity contribution >= 4 is 27.5 Å². The molecule has 0 N–H and O–H groups in total. The zero-order valence-corrected chi connectivity index (χ0v) is 23.1. The van der Waals surface area contributed by atoms with Gasteiger partial charge in [0.15, 0.2) is 0 Å². The largest absolute Gasteiger partial charge is 0.488 e. The lowest BCUT2D eigenvalue weighted by Crippen LogP contribution is -2.51. The van der Waals surface area contributed by atoms with Crippen molar-refractivity contribution in [3.8, 4) is 5.75 Å². The molecule has 0 spiro atoms. The molecule has 30 heavy (non-hydrogen) atoms. The summed E-state index contributed by atoms with van der Waals surface area (Å²) >= 11 is 10.5.